The number of aromatic nitrogens is 2. The number of likely N-dealkylation sites (tertiary alicyclic amines) is 1. The fraction of sp³-hybridized carbons (Fsp3) is 0.476. The van der Waals surface area contributed by atoms with Gasteiger partial charge < -0.3 is 10.0 Å². The van der Waals surface area contributed by atoms with Crippen LogP contribution in [0.4, 0.5) is 18.9 Å². The van der Waals surface area contributed by atoms with Crippen molar-refractivity contribution in [1.82, 2.24) is 14.0 Å². The first kappa shape index (κ1) is 21.0. The van der Waals surface area contributed by atoms with Gasteiger partial charge in [0.25, 0.3) is 0 Å². The molecular weight excluding hydrogens is 413 g/mol. The summed E-state index contributed by atoms with van der Waals surface area (Å²) in [4.78, 5) is 30.3. The maximum atomic E-state index is 13.4. The number of carbonyl (C=O) groups excluding carboxylic acids is 1. The van der Waals surface area contributed by atoms with Crippen LogP contribution in [0, 0.1) is 12.0 Å². The third kappa shape index (κ3) is 3.28. The van der Waals surface area contributed by atoms with Gasteiger partial charge in [0.05, 0.1) is 29.9 Å². The second-order valence-corrected chi connectivity index (χ2v) is 9.20. The minimum atomic E-state index is -4.78. The van der Waals surface area contributed by atoms with Crippen LogP contribution in [-0.4, -0.2) is 31.6 Å². The van der Waals surface area contributed by atoms with E-state index in [1.165, 1.54) is 10.6 Å². The molecule has 0 saturated carbocycles. The minimum absolute atomic E-state index is 0.0911. The van der Waals surface area contributed by atoms with Crippen LogP contribution in [0.5, 0.6) is 5.88 Å². The highest BCUT2D eigenvalue weighted by Crippen LogP contribution is 2.49. The highest BCUT2D eigenvalue weighted by atomic mass is 19.4. The number of benzene rings is 1. The maximum absolute atomic E-state index is 13.4. The number of carbonyl (C=O) groups is 1. The Labute approximate surface area is 176 Å². The number of fused-ring (bicyclic) bond motifs is 5. The number of rotatable bonds is 2. The van der Waals surface area contributed by atoms with E-state index in [1.54, 1.807) is 4.90 Å². The summed E-state index contributed by atoms with van der Waals surface area (Å²) in [5, 5.41) is 10.8. The van der Waals surface area contributed by atoms with Crippen molar-refractivity contribution in [3.63, 3.8) is 0 Å². The van der Waals surface area contributed by atoms with Gasteiger partial charge in [0.1, 0.15) is 5.69 Å². The molecule has 7 nitrogen and oxygen atoms in total. The smallest absolute Gasteiger partial charge is 0.407 e. The molecule has 3 heterocycles. The number of imidazole rings is 1. The van der Waals surface area contributed by atoms with Gasteiger partial charge in [-0.25, -0.2) is 14.2 Å². The minimum Gasteiger partial charge on any atom is -0.493 e. The van der Waals surface area contributed by atoms with E-state index in [0.29, 0.717) is 25.5 Å². The summed E-state index contributed by atoms with van der Waals surface area (Å²) in [7, 11) is 0. The van der Waals surface area contributed by atoms with Crippen LogP contribution in [-0.2, 0) is 11.0 Å². The lowest BCUT2D eigenvalue weighted by atomic mass is 9.91. The van der Waals surface area contributed by atoms with Gasteiger partial charge in [0.15, 0.2) is 5.69 Å². The van der Waals surface area contributed by atoms with Gasteiger partial charge in [-0.2, -0.15) is 13.2 Å². The van der Waals surface area contributed by atoms with E-state index in [1.807, 2.05) is 20.8 Å². The fourth-order valence-electron chi connectivity index (χ4n) is 4.50. The predicted octanol–water partition coefficient (Wildman–Crippen LogP) is 4.18. The normalized spacial score (nSPS) is 20.1. The quantitative estimate of drug-likeness (QED) is 0.721. The maximum Gasteiger partial charge on any atom is 0.407 e. The first-order chi connectivity index (χ1) is 14.3. The van der Waals surface area contributed by atoms with Gasteiger partial charge in [-0.05, 0) is 24.0 Å². The summed E-state index contributed by atoms with van der Waals surface area (Å²) >= 11 is 0. The highest BCUT2D eigenvalue weighted by Gasteiger charge is 2.49. The Morgan fingerprint density at radius 3 is 2.55 bits per heavy atom. The number of nitrogens with zero attached hydrogens (tertiary/aromatic N) is 4. The standard InChI is InChI=1S/C21H21F3N4O3/c1-20(2,3)9-16(29)26-10-12-8-15(26)17-18(30)28(19(31)27(12)17)11-5-6-14(25-4)13(7-11)21(22,23)24/h5-7,12,15,30H,8-10H2,1-3H3. The van der Waals surface area contributed by atoms with Crippen molar-refractivity contribution in [3.8, 4) is 11.6 Å². The zero-order valence-electron chi connectivity index (χ0n) is 17.2. The summed E-state index contributed by atoms with van der Waals surface area (Å²) in [6, 6.07) is 2.03. The van der Waals surface area contributed by atoms with Crippen LogP contribution in [0.15, 0.2) is 23.0 Å². The molecule has 31 heavy (non-hydrogen) atoms. The van der Waals surface area contributed by atoms with E-state index in [4.69, 9.17) is 6.57 Å². The monoisotopic (exact) mass is 434 g/mol. The Hall–Kier alpha value is -3.22. The van der Waals surface area contributed by atoms with Gasteiger partial charge in [0, 0.05) is 13.0 Å². The SMILES string of the molecule is [C-]#[N+]c1ccc(-n2c(O)c3n(c2=O)C2CC3N(C(=O)CC(C)(C)C)C2)cc1C(F)(F)F. The zero-order valence-corrected chi connectivity index (χ0v) is 17.2. The first-order valence-corrected chi connectivity index (χ1v) is 9.78. The molecule has 0 aliphatic carbocycles. The molecule has 1 saturated heterocycles. The van der Waals surface area contributed by atoms with Gasteiger partial charge in [-0.3, -0.25) is 9.36 Å². The van der Waals surface area contributed by atoms with Crippen LogP contribution in [0.2, 0.25) is 0 Å². The van der Waals surface area contributed by atoms with Crippen molar-refractivity contribution in [2.45, 2.75) is 51.9 Å². The average molecular weight is 434 g/mol. The Morgan fingerprint density at radius 1 is 1.29 bits per heavy atom. The van der Waals surface area contributed by atoms with Crippen LogP contribution in [0.25, 0.3) is 10.5 Å². The lowest BCUT2D eigenvalue weighted by molar-refractivity contribution is -0.137. The Kier molecular flexibility index (Phi) is 4.50. The Morgan fingerprint density at radius 2 is 1.97 bits per heavy atom. The van der Waals surface area contributed by atoms with Crippen molar-refractivity contribution in [2.75, 3.05) is 6.54 Å². The molecular formula is C21H21F3N4O3. The summed E-state index contributed by atoms with van der Waals surface area (Å²) in [6.07, 6.45) is -4.00. The molecule has 1 aromatic heterocycles. The fourth-order valence-corrected chi connectivity index (χ4v) is 4.50. The van der Waals surface area contributed by atoms with Gasteiger partial charge in [-0.15, -0.1) is 0 Å². The van der Waals surface area contributed by atoms with Gasteiger partial charge >= 0.3 is 11.9 Å². The number of halogens is 3. The van der Waals surface area contributed by atoms with Crippen molar-refractivity contribution in [3.05, 3.63) is 51.4 Å². The number of hydrogen-bond donors (Lipinski definition) is 1. The van der Waals surface area contributed by atoms with Crippen molar-refractivity contribution in [2.24, 2.45) is 5.41 Å². The van der Waals surface area contributed by atoms with E-state index in [-0.39, 0.29) is 28.7 Å². The third-order valence-corrected chi connectivity index (χ3v) is 5.72. The molecule has 2 aliphatic rings. The number of amides is 1. The largest absolute Gasteiger partial charge is 0.493 e. The molecule has 10 heteroatoms. The zero-order chi connectivity index (χ0) is 22.9. The van der Waals surface area contributed by atoms with E-state index in [9.17, 15) is 27.9 Å². The summed E-state index contributed by atoms with van der Waals surface area (Å²) in [5.41, 5.74) is -2.60. The molecule has 164 valence electrons. The topological polar surface area (TPSA) is 71.8 Å². The van der Waals surface area contributed by atoms with E-state index in [2.05, 4.69) is 4.85 Å². The number of aromatic hydroxyl groups is 1. The second kappa shape index (κ2) is 6.64. The first-order valence-electron chi connectivity index (χ1n) is 9.78. The molecule has 1 aromatic carbocycles. The molecule has 1 N–H and O–H groups in total. The van der Waals surface area contributed by atoms with E-state index >= 15 is 0 Å². The predicted molar refractivity (Wildman–Crippen MR) is 105 cm³/mol. The lowest BCUT2D eigenvalue weighted by Crippen LogP contribution is -2.39. The number of alkyl halides is 3. The number of hydrogen-bond acceptors (Lipinski definition) is 3. The van der Waals surface area contributed by atoms with E-state index in [0.717, 1.165) is 10.6 Å². The second-order valence-electron chi connectivity index (χ2n) is 9.20. The van der Waals surface area contributed by atoms with Gasteiger partial charge in [0.2, 0.25) is 11.8 Å². The van der Waals surface area contributed by atoms with Crippen molar-refractivity contribution in [1.29, 1.82) is 0 Å². The summed E-state index contributed by atoms with van der Waals surface area (Å²) < 4.78 is 42.3. The molecule has 0 spiro atoms. The third-order valence-electron chi connectivity index (χ3n) is 5.72. The lowest BCUT2D eigenvalue weighted by Gasteiger charge is -2.30. The molecule has 2 atom stereocenters. The molecule has 0 radical (unpaired) electrons. The molecule has 4 rings (SSSR count). The molecule has 1 fully saturated rings. The highest BCUT2D eigenvalue weighted by molar-refractivity contribution is 5.78. The molecule has 2 aliphatic heterocycles. The average Bonchev–Trinajstić information content (AvgIpc) is 3.31. The molecule has 2 aromatic rings. The molecule has 1 amide bonds. The van der Waals surface area contributed by atoms with Crippen LogP contribution in [0.1, 0.15) is 57.0 Å². The van der Waals surface area contributed by atoms with E-state index < -0.39 is 35.0 Å². The Bertz CT molecular complexity index is 1180. The van der Waals surface area contributed by atoms with Crippen molar-refractivity contribution >= 4 is 11.6 Å². The van der Waals surface area contributed by atoms with Crippen LogP contribution < -0.4 is 5.69 Å². The van der Waals surface area contributed by atoms with Crippen LogP contribution in [0.3, 0.4) is 0 Å². The van der Waals surface area contributed by atoms with Crippen LogP contribution >= 0.6 is 0 Å². The molecule has 2 bridgehead atoms. The molecule has 2 unspecified atom stereocenters. The summed E-state index contributed by atoms with van der Waals surface area (Å²) in [5.74, 6) is -0.568. The van der Waals surface area contributed by atoms with Crippen molar-refractivity contribution < 1.29 is 23.1 Å². The summed E-state index contributed by atoms with van der Waals surface area (Å²) in [6.45, 7) is 13.1. The Balaban J connectivity index is 1.78. The van der Waals surface area contributed by atoms with Gasteiger partial charge in [-0.1, -0.05) is 26.8 Å².